The predicted octanol–water partition coefficient (Wildman–Crippen LogP) is 20.6. The van der Waals surface area contributed by atoms with E-state index >= 15 is 0 Å². The van der Waals surface area contributed by atoms with Crippen LogP contribution in [0.15, 0.2) is 293 Å². The molecule has 0 amide bonds. The van der Waals surface area contributed by atoms with Gasteiger partial charge < -0.3 is 85.1 Å². The molecule has 0 radical (unpaired) electrons. The molecule has 0 atom stereocenters. The van der Waals surface area contributed by atoms with Gasteiger partial charge in [0.2, 0.25) is 0 Å². The molecule has 8 aromatic carbocycles. The minimum atomic E-state index is 0. The van der Waals surface area contributed by atoms with Gasteiger partial charge in [0.25, 0.3) is 0 Å². The first-order valence-electron chi connectivity index (χ1n) is 39.2. The van der Waals surface area contributed by atoms with E-state index in [2.05, 4.69) is 182 Å². The van der Waals surface area contributed by atoms with E-state index in [0.29, 0.717) is 0 Å². The molecule has 8 aromatic rings. The smallest absolute Gasteiger partial charge is 0.664 e. The maximum Gasteiger partial charge on any atom is 1.00 e. The maximum absolute atomic E-state index is 7.32. The van der Waals surface area contributed by atoms with Crippen molar-refractivity contribution in [1.29, 1.82) is 21.0 Å². The quantitative estimate of drug-likeness (QED) is 0.134. The van der Waals surface area contributed by atoms with E-state index in [9.17, 15) is 0 Å². The van der Waals surface area contributed by atoms with Crippen LogP contribution in [0.3, 0.4) is 0 Å². The molecule has 0 saturated carbocycles. The Labute approximate surface area is 818 Å². The van der Waals surface area contributed by atoms with Crippen LogP contribution in [0.1, 0.15) is 27.7 Å². The van der Waals surface area contributed by atoms with Crippen LogP contribution in [-0.4, -0.2) is 0 Å². The normalized spacial score (nSPS) is 13.5. The summed E-state index contributed by atoms with van der Waals surface area (Å²) in [7, 11) is 0. The molecule has 0 spiro atoms. The van der Waals surface area contributed by atoms with Crippen molar-refractivity contribution in [3.05, 3.63) is 462 Å². The number of nitrogens with zero attached hydrogens (tertiary/aromatic N) is 20. The summed E-state index contributed by atoms with van der Waals surface area (Å²) in [5, 5.41) is 117. The number of nitriles is 4. The third-order valence-corrected chi connectivity index (χ3v) is 18.9. The van der Waals surface area contributed by atoms with Crippen LogP contribution < -0.4 is 83.5 Å². The Hall–Kier alpha value is -14.6. The molecule has 16 aliphatic heterocycles. The van der Waals surface area contributed by atoms with Gasteiger partial charge in [-0.15, -0.1) is 91.0 Å². The predicted molar refractivity (Wildman–Crippen MR) is 517 cm³/mol. The van der Waals surface area contributed by atoms with E-state index in [1.54, 1.807) is 24.3 Å². The topological polar surface area (TPSA) is 321 Å². The third-order valence-electron chi connectivity index (χ3n) is 18.9. The van der Waals surface area contributed by atoms with Crippen LogP contribution in [0.25, 0.3) is 182 Å². The Kier molecular flexibility index (Phi) is 42.4. The van der Waals surface area contributed by atoms with Crippen molar-refractivity contribution >= 4 is 188 Å². The van der Waals surface area contributed by atoms with E-state index in [-0.39, 0.29) is 102 Å². The molecule has 20 nitrogen and oxygen atoms in total. The van der Waals surface area contributed by atoms with Gasteiger partial charge in [0, 0.05) is 27.7 Å². The summed E-state index contributed by atoms with van der Waals surface area (Å²) in [4.78, 5) is 0. The second-order valence-electron chi connectivity index (χ2n) is 26.5. The zero-order valence-corrected chi connectivity index (χ0v) is 75.4. The standard InChI is InChI=1S/8C12H8N2.4C2H3N.6Cu/c8*1-3-9-10-4-2-8-14-12(10)6-5-11(9)13-7-1;4*1-2-3;;;;;;/h8*1-8H;4*1H3;;;;;;/q8*-2;;;;;6*+1. The number of allylic oxidation sites excluding steroid dienone is 16. The Bertz CT molecular complexity index is 5690. The molecular formula is C104H76Cu6N20-10. The van der Waals surface area contributed by atoms with Crippen molar-refractivity contribution in [2.75, 3.05) is 0 Å². The van der Waals surface area contributed by atoms with Crippen molar-refractivity contribution < 1.29 is 102 Å². The number of benzene rings is 8. The van der Waals surface area contributed by atoms with Gasteiger partial charge in [-0.2, -0.15) is 120 Å². The maximum atomic E-state index is 7.32. The van der Waals surface area contributed by atoms with Crippen molar-refractivity contribution in [2.45, 2.75) is 27.7 Å². The van der Waals surface area contributed by atoms with Gasteiger partial charge >= 0.3 is 102 Å². The van der Waals surface area contributed by atoms with Gasteiger partial charge in [0.1, 0.15) is 0 Å². The Balaban J connectivity index is 0.000000198. The molecule has 0 aliphatic carbocycles. The third kappa shape index (κ3) is 26.3. The summed E-state index contributed by atoms with van der Waals surface area (Å²) >= 11 is 0. The van der Waals surface area contributed by atoms with E-state index in [0.717, 1.165) is 174 Å². The summed E-state index contributed by atoms with van der Waals surface area (Å²) in [6, 6.07) is 39.1. The van der Waals surface area contributed by atoms with Gasteiger partial charge in [0.15, 0.2) is 0 Å². The van der Waals surface area contributed by atoms with Gasteiger partial charge in [-0.25, -0.2) is 0 Å². The van der Waals surface area contributed by atoms with Gasteiger partial charge in [0.05, 0.1) is 24.3 Å². The van der Waals surface area contributed by atoms with Gasteiger partial charge in [-0.05, 0) is 83.5 Å². The fourth-order valence-corrected chi connectivity index (χ4v) is 13.7. The largest absolute Gasteiger partial charge is 1.00 e. The number of fused-ring (bicyclic) bond motifs is 24. The molecule has 24 rings (SSSR count). The number of rotatable bonds is 0. The monoisotopic (exact) mass is 1980 g/mol. The molecule has 668 valence electrons. The minimum Gasteiger partial charge on any atom is -0.664 e. The van der Waals surface area contributed by atoms with Gasteiger partial charge in [-0.1, -0.05) is 291 Å². The first kappa shape index (κ1) is 102. The van der Waals surface area contributed by atoms with Crippen LogP contribution in [-0.2, 0) is 102 Å². The average Bonchev–Trinajstić information content (AvgIpc) is 0.849. The molecule has 0 fully saturated rings. The molecule has 0 unspecified atom stereocenters. The fraction of sp³-hybridized carbons (Fsp3) is 0.0385. The molecular weight excluding hydrogens is 1910 g/mol. The van der Waals surface area contributed by atoms with E-state index in [1.165, 1.54) is 27.7 Å². The van der Waals surface area contributed by atoms with E-state index in [4.69, 9.17) is 21.0 Å². The molecule has 0 saturated heterocycles. The van der Waals surface area contributed by atoms with E-state index in [1.807, 2.05) is 293 Å². The van der Waals surface area contributed by atoms with Crippen molar-refractivity contribution in [2.24, 2.45) is 0 Å². The second-order valence-corrected chi connectivity index (χ2v) is 26.5. The number of hydrogen-bond acceptors (Lipinski definition) is 4. The molecule has 16 aliphatic rings. The van der Waals surface area contributed by atoms with Crippen molar-refractivity contribution in [1.82, 2.24) is 0 Å². The Morgan fingerprint density at radius 1 is 0.131 bits per heavy atom. The first-order valence-corrected chi connectivity index (χ1v) is 39.2. The molecule has 16 heterocycles. The Morgan fingerprint density at radius 3 is 0.238 bits per heavy atom. The van der Waals surface area contributed by atoms with E-state index < -0.39 is 0 Å². The van der Waals surface area contributed by atoms with Crippen LogP contribution in [0.5, 0.6) is 0 Å². The van der Waals surface area contributed by atoms with Crippen molar-refractivity contribution in [3.8, 4) is 24.3 Å². The fourth-order valence-electron chi connectivity index (χ4n) is 13.7. The molecule has 130 heavy (non-hydrogen) atoms. The summed E-state index contributed by atoms with van der Waals surface area (Å²) in [6.07, 6.45) is 93.4. The second kappa shape index (κ2) is 53.8. The molecule has 0 N–H and O–H groups in total. The van der Waals surface area contributed by atoms with Crippen LogP contribution in [0.4, 0.5) is 91.0 Å². The SMILES string of the molecule is C1=C[N-]c2ccc3c(c2=C1)=CC=C[N-]3.C1=C[N-]c2ccc3c(c2=C1)=CC=C[N-]3.C1=C[N-]c2ccc3c(c2=C1)=CC=C[N-]3.C1=C[N-]c2ccc3c(c2=C1)=CC=C[N-]3.C1=C[N-]c2ccc3c(c2=C1)=CC=C[N-]3.C1=C[N-]c2ccc3c(c2=C1)=CC=C[N-]3.C1=C[N-]c2ccc3c(c2=C1)=CC=C[N-]3.C1=C[N-]c2ccc3c(c2=C1)=CC=C[N-]3.CC#N.CC#N.CC#N.CC#N.[Cu+].[Cu+].[Cu+].[Cu+].[Cu+].[Cu+]. The summed E-state index contributed by atoms with van der Waals surface area (Å²) < 4.78 is 0. The Morgan fingerprint density at radius 2 is 0.185 bits per heavy atom. The van der Waals surface area contributed by atoms with Crippen LogP contribution in [0, 0.1) is 45.3 Å². The summed E-state index contributed by atoms with van der Waals surface area (Å²) in [5.41, 5.74) is 16.3. The van der Waals surface area contributed by atoms with Crippen molar-refractivity contribution in [3.63, 3.8) is 0 Å². The van der Waals surface area contributed by atoms with Crippen LogP contribution >= 0.6 is 0 Å². The zero-order chi connectivity index (χ0) is 85.9. The molecule has 0 aromatic heterocycles. The molecule has 26 heteroatoms. The van der Waals surface area contributed by atoms with Gasteiger partial charge in [-0.3, -0.25) is 0 Å². The summed E-state index contributed by atoms with van der Waals surface area (Å²) in [5.74, 6) is 0. The zero-order valence-electron chi connectivity index (χ0n) is 69.7. The average molecular weight is 1990 g/mol. The summed E-state index contributed by atoms with van der Waals surface area (Å²) in [6.45, 7) is 5.72. The number of hydrogen-bond donors (Lipinski definition) is 0. The van der Waals surface area contributed by atoms with Crippen LogP contribution in [0.2, 0.25) is 0 Å². The molecule has 0 bridgehead atoms. The first-order chi connectivity index (χ1) is 61.3. The minimum absolute atomic E-state index is 0.